The third-order valence-electron chi connectivity index (χ3n) is 2.46. The number of ether oxygens (including phenoxy) is 1. The molecule has 0 bridgehead atoms. The van der Waals surface area contributed by atoms with Gasteiger partial charge in [-0.2, -0.15) is 22.8 Å². The lowest BCUT2D eigenvalue weighted by molar-refractivity contribution is -0.146. The van der Waals surface area contributed by atoms with Crippen molar-refractivity contribution in [1.82, 2.24) is 19.8 Å². The van der Waals surface area contributed by atoms with Crippen LogP contribution in [0.15, 0.2) is 24.3 Å². The van der Waals surface area contributed by atoms with E-state index in [9.17, 15) is 13.2 Å². The molecule has 110 valence electrons. The lowest BCUT2D eigenvalue weighted by Crippen LogP contribution is -2.11. The van der Waals surface area contributed by atoms with Gasteiger partial charge in [-0.1, -0.05) is 22.9 Å². The van der Waals surface area contributed by atoms with E-state index in [0.717, 1.165) is 11.3 Å². The van der Waals surface area contributed by atoms with Gasteiger partial charge >= 0.3 is 6.18 Å². The monoisotopic (exact) mass is 334 g/mol. The maximum Gasteiger partial charge on any atom is 0.453 e. The molecule has 0 spiro atoms. The average Bonchev–Trinajstić information content (AvgIpc) is 2.96. The van der Waals surface area contributed by atoms with E-state index in [0.29, 0.717) is 20.3 Å². The number of alkyl halides is 3. The molecule has 0 saturated carbocycles. The summed E-state index contributed by atoms with van der Waals surface area (Å²) in [5.41, 5.74) is 0. The fraction of sp³-hybridized carbons (Fsp3) is 0.182. The van der Waals surface area contributed by atoms with Crippen LogP contribution in [0.5, 0.6) is 5.75 Å². The van der Waals surface area contributed by atoms with Crippen LogP contribution in [0.3, 0.4) is 0 Å². The van der Waals surface area contributed by atoms with Crippen molar-refractivity contribution in [2.75, 3.05) is 0 Å². The highest BCUT2D eigenvalue weighted by Gasteiger charge is 2.38. The summed E-state index contributed by atoms with van der Waals surface area (Å²) in [5, 5.41) is 11.3. The zero-order valence-electron chi connectivity index (χ0n) is 10.1. The molecule has 0 aliphatic carbocycles. The number of rotatable bonds is 3. The Morgan fingerprint density at radius 3 is 2.57 bits per heavy atom. The van der Waals surface area contributed by atoms with Gasteiger partial charge in [0, 0.05) is 5.02 Å². The van der Waals surface area contributed by atoms with Crippen LogP contribution in [0.4, 0.5) is 13.2 Å². The molecule has 2 aromatic heterocycles. The van der Waals surface area contributed by atoms with E-state index in [4.69, 9.17) is 16.3 Å². The summed E-state index contributed by atoms with van der Waals surface area (Å²) >= 11 is 6.72. The first-order valence-corrected chi connectivity index (χ1v) is 6.79. The van der Waals surface area contributed by atoms with Gasteiger partial charge in [-0.25, -0.2) is 0 Å². The number of nitrogens with zero attached hydrogens (tertiary/aromatic N) is 4. The summed E-state index contributed by atoms with van der Waals surface area (Å²) in [4.78, 5) is 0.0667. The topological polar surface area (TPSA) is 52.3 Å². The first-order valence-electron chi connectivity index (χ1n) is 5.60. The number of hydrogen-bond acceptors (Lipinski definition) is 5. The highest BCUT2D eigenvalue weighted by molar-refractivity contribution is 7.16. The molecule has 0 unspecified atom stereocenters. The number of halogens is 4. The SMILES string of the molecule is FC(F)(F)c1nnc2sc(COc3ccc(Cl)cc3)nn12. The summed E-state index contributed by atoms with van der Waals surface area (Å²) in [7, 11) is 0. The third kappa shape index (κ3) is 2.93. The second-order valence-corrected chi connectivity index (χ2v) is 5.43. The maximum absolute atomic E-state index is 12.6. The molecule has 3 rings (SSSR count). The van der Waals surface area contributed by atoms with E-state index in [2.05, 4.69) is 15.3 Å². The molecule has 0 saturated heterocycles. The third-order valence-corrected chi connectivity index (χ3v) is 3.59. The standard InChI is InChI=1S/C11H6ClF3N4OS/c12-6-1-3-7(4-2-6)20-5-8-18-19-9(11(13,14)15)16-17-10(19)21-8/h1-4H,5H2. The largest absolute Gasteiger partial charge is 0.486 e. The van der Waals surface area contributed by atoms with Crippen molar-refractivity contribution >= 4 is 27.9 Å². The second kappa shape index (κ2) is 5.15. The molecule has 5 nitrogen and oxygen atoms in total. The lowest BCUT2D eigenvalue weighted by atomic mass is 10.3. The van der Waals surface area contributed by atoms with Crippen molar-refractivity contribution in [3.8, 4) is 5.75 Å². The Kier molecular flexibility index (Phi) is 3.46. The zero-order valence-corrected chi connectivity index (χ0v) is 11.7. The van der Waals surface area contributed by atoms with E-state index < -0.39 is 12.0 Å². The molecule has 0 aliphatic heterocycles. The van der Waals surface area contributed by atoms with Crippen molar-refractivity contribution in [2.24, 2.45) is 0 Å². The molecule has 0 radical (unpaired) electrons. The van der Waals surface area contributed by atoms with Crippen LogP contribution < -0.4 is 4.74 Å². The van der Waals surface area contributed by atoms with Gasteiger partial charge in [0.05, 0.1) is 0 Å². The molecule has 21 heavy (non-hydrogen) atoms. The Morgan fingerprint density at radius 2 is 1.90 bits per heavy atom. The molecule has 0 amide bonds. The minimum atomic E-state index is -4.60. The average molecular weight is 335 g/mol. The highest BCUT2D eigenvalue weighted by Crippen LogP contribution is 2.29. The first kappa shape index (κ1) is 14.1. The van der Waals surface area contributed by atoms with Gasteiger partial charge in [0.25, 0.3) is 5.82 Å². The second-order valence-electron chi connectivity index (χ2n) is 3.95. The smallest absolute Gasteiger partial charge is 0.453 e. The van der Waals surface area contributed by atoms with E-state index in [1.54, 1.807) is 24.3 Å². The quantitative estimate of drug-likeness (QED) is 0.736. The Hall–Kier alpha value is -1.87. The van der Waals surface area contributed by atoms with Crippen molar-refractivity contribution in [2.45, 2.75) is 12.8 Å². The molecule has 0 N–H and O–H groups in total. The van der Waals surface area contributed by atoms with Crippen LogP contribution in [-0.4, -0.2) is 19.8 Å². The Bertz CT molecular complexity index is 768. The Labute approximate surface area is 124 Å². The van der Waals surface area contributed by atoms with Crippen LogP contribution in [0.2, 0.25) is 5.02 Å². The fourth-order valence-corrected chi connectivity index (χ4v) is 2.44. The van der Waals surface area contributed by atoms with Gasteiger partial charge in [0.1, 0.15) is 12.4 Å². The van der Waals surface area contributed by atoms with Crippen LogP contribution in [-0.2, 0) is 12.8 Å². The summed E-state index contributed by atoms with van der Waals surface area (Å²) in [5.74, 6) is -0.604. The van der Waals surface area contributed by atoms with Gasteiger partial charge in [0.15, 0.2) is 5.01 Å². The van der Waals surface area contributed by atoms with Crippen molar-refractivity contribution in [1.29, 1.82) is 0 Å². The molecule has 0 atom stereocenters. The minimum absolute atomic E-state index is 0.0347. The van der Waals surface area contributed by atoms with E-state index in [-0.39, 0.29) is 11.6 Å². The van der Waals surface area contributed by atoms with Crippen LogP contribution in [0.1, 0.15) is 10.8 Å². The molecule has 0 aliphatic rings. The van der Waals surface area contributed by atoms with Gasteiger partial charge in [-0.05, 0) is 24.3 Å². The van der Waals surface area contributed by atoms with Gasteiger partial charge in [-0.3, -0.25) is 0 Å². The molecule has 3 aromatic rings. The van der Waals surface area contributed by atoms with E-state index in [1.165, 1.54) is 0 Å². The molecule has 1 aromatic carbocycles. The van der Waals surface area contributed by atoms with Crippen LogP contribution in [0, 0.1) is 0 Å². The van der Waals surface area contributed by atoms with Crippen molar-refractivity contribution in [3.63, 3.8) is 0 Å². The fourth-order valence-electron chi connectivity index (χ4n) is 1.57. The molecular weight excluding hydrogens is 329 g/mol. The molecule has 0 fully saturated rings. The predicted molar refractivity (Wildman–Crippen MR) is 69.4 cm³/mol. The molecule has 2 heterocycles. The van der Waals surface area contributed by atoms with Crippen LogP contribution in [0.25, 0.3) is 4.96 Å². The molecular formula is C11H6ClF3N4OS. The normalized spacial score (nSPS) is 12.0. The van der Waals surface area contributed by atoms with Crippen molar-refractivity contribution < 1.29 is 17.9 Å². The van der Waals surface area contributed by atoms with Crippen LogP contribution >= 0.6 is 22.9 Å². The lowest BCUT2D eigenvalue weighted by Gasteiger charge is -2.03. The van der Waals surface area contributed by atoms with E-state index >= 15 is 0 Å². The maximum atomic E-state index is 12.6. The Morgan fingerprint density at radius 1 is 1.19 bits per heavy atom. The van der Waals surface area contributed by atoms with Gasteiger partial charge in [-0.15, -0.1) is 10.2 Å². The van der Waals surface area contributed by atoms with E-state index in [1.807, 2.05) is 0 Å². The number of aromatic nitrogens is 4. The first-order chi connectivity index (χ1) is 9.93. The molecule has 10 heteroatoms. The highest BCUT2D eigenvalue weighted by atomic mass is 35.5. The number of fused-ring (bicyclic) bond motifs is 1. The summed E-state index contributed by atoms with van der Waals surface area (Å²) in [6.07, 6.45) is -4.60. The summed E-state index contributed by atoms with van der Waals surface area (Å²) < 4.78 is 44.0. The van der Waals surface area contributed by atoms with Crippen molar-refractivity contribution in [3.05, 3.63) is 40.1 Å². The van der Waals surface area contributed by atoms with Gasteiger partial charge in [0.2, 0.25) is 4.96 Å². The summed E-state index contributed by atoms with van der Waals surface area (Å²) in [6.45, 7) is 0.0347. The van der Waals surface area contributed by atoms with Gasteiger partial charge < -0.3 is 4.74 Å². The Balaban J connectivity index is 1.79. The summed E-state index contributed by atoms with van der Waals surface area (Å²) in [6, 6.07) is 6.61. The minimum Gasteiger partial charge on any atom is -0.486 e. The predicted octanol–water partition coefficient (Wildman–Crippen LogP) is 3.44. The zero-order chi connectivity index (χ0) is 15.0. The number of hydrogen-bond donors (Lipinski definition) is 0. The number of benzene rings is 1.